The summed E-state index contributed by atoms with van der Waals surface area (Å²) in [5, 5.41) is 10.1. The second-order valence-corrected chi connectivity index (χ2v) is 5.86. The molecule has 0 aliphatic heterocycles. The molecular formula is C15H15N5O2S. The number of rotatable bonds is 5. The number of nitrogens with one attached hydrogen (secondary N) is 2. The topological polar surface area (TPSA) is 88.4 Å². The average Bonchev–Trinajstić information content (AvgIpc) is 3.06. The number of imidazole rings is 1. The molecule has 0 aliphatic carbocycles. The van der Waals surface area contributed by atoms with Crippen LogP contribution < -0.4 is 10.6 Å². The predicted molar refractivity (Wildman–Crippen MR) is 88.2 cm³/mol. The Morgan fingerprint density at radius 3 is 2.74 bits per heavy atom. The quantitative estimate of drug-likeness (QED) is 0.748. The van der Waals surface area contributed by atoms with Crippen LogP contribution in [0, 0.1) is 0 Å². The molecule has 1 aromatic carbocycles. The molecule has 0 saturated carbocycles. The molecule has 0 radical (unpaired) electrons. The van der Waals surface area contributed by atoms with Gasteiger partial charge in [-0.2, -0.15) is 0 Å². The molecule has 2 heterocycles. The van der Waals surface area contributed by atoms with E-state index in [9.17, 15) is 9.59 Å². The van der Waals surface area contributed by atoms with Crippen molar-refractivity contribution in [2.75, 3.05) is 11.9 Å². The molecule has 2 amide bonds. The third-order valence-corrected chi connectivity index (χ3v) is 3.92. The van der Waals surface area contributed by atoms with E-state index in [1.807, 2.05) is 36.5 Å². The maximum atomic E-state index is 11.8. The van der Waals surface area contributed by atoms with E-state index in [1.165, 1.54) is 18.3 Å². The maximum Gasteiger partial charge on any atom is 0.227 e. The largest absolute Gasteiger partial charge is 0.356 e. The van der Waals surface area contributed by atoms with Crippen LogP contribution in [0.3, 0.4) is 0 Å². The Hall–Kier alpha value is -2.74. The van der Waals surface area contributed by atoms with Crippen molar-refractivity contribution in [2.24, 2.45) is 0 Å². The first-order chi connectivity index (χ1) is 11.1. The van der Waals surface area contributed by atoms with Crippen LogP contribution in [0.2, 0.25) is 0 Å². The molecule has 3 rings (SSSR count). The van der Waals surface area contributed by atoms with E-state index >= 15 is 0 Å². The van der Waals surface area contributed by atoms with E-state index in [0.29, 0.717) is 16.6 Å². The number of nitrogens with zero attached hydrogens (tertiary/aromatic N) is 3. The lowest BCUT2D eigenvalue weighted by Gasteiger charge is -2.01. The Labute approximate surface area is 136 Å². The zero-order valence-electron chi connectivity index (χ0n) is 12.4. The Bertz CT molecular complexity index is 809. The highest BCUT2D eigenvalue weighted by Crippen LogP contribution is 2.24. The predicted octanol–water partition coefficient (Wildman–Crippen LogP) is 1.92. The number of anilines is 1. The number of hydrogen-bond donors (Lipinski definition) is 2. The standard InChI is InChI=1S/C15H15N5O2S/c1-10(21)16-8-7-13(22)18-14-19-20-9-12(17-15(20)23-14)11-5-3-2-4-6-11/h2-6,9H,7-8H2,1H3,(H,16,21)(H,18,19,22). The Morgan fingerprint density at radius 2 is 2.04 bits per heavy atom. The molecule has 118 valence electrons. The van der Waals surface area contributed by atoms with Gasteiger partial charge in [-0.15, -0.1) is 5.10 Å². The van der Waals surface area contributed by atoms with E-state index in [2.05, 4.69) is 20.7 Å². The van der Waals surface area contributed by atoms with E-state index in [0.717, 1.165) is 11.3 Å². The van der Waals surface area contributed by atoms with Crippen LogP contribution >= 0.6 is 11.3 Å². The van der Waals surface area contributed by atoms with Crippen molar-refractivity contribution in [3.05, 3.63) is 36.5 Å². The molecule has 0 fully saturated rings. The smallest absolute Gasteiger partial charge is 0.227 e. The van der Waals surface area contributed by atoms with Gasteiger partial charge >= 0.3 is 0 Å². The summed E-state index contributed by atoms with van der Waals surface area (Å²) in [6.07, 6.45) is 2.03. The van der Waals surface area contributed by atoms with Gasteiger partial charge in [0.15, 0.2) is 0 Å². The highest BCUT2D eigenvalue weighted by atomic mass is 32.1. The third-order valence-electron chi connectivity index (χ3n) is 3.09. The van der Waals surface area contributed by atoms with Crippen LogP contribution in [-0.2, 0) is 9.59 Å². The first-order valence-corrected chi connectivity index (χ1v) is 7.89. The van der Waals surface area contributed by atoms with Gasteiger partial charge in [-0.1, -0.05) is 41.7 Å². The van der Waals surface area contributed by atoms with Crippen molar-refractivity contribution in [3.8, 4) is 11.3 Å². The number of benzene rings is 1. The fourth-order valence-electron chi connectivity index (χ4n) is 2.03. The Morgan fingerprint density at radius 1 is 1.26 bits per heavy atom. The summed E-state index contributed by atoms with van der Waals surface area (Å²) in [5.41, 5.74) is 1.86. The molecule has 0 spiro atoms. The van der Waals surface area contributed by atoms with Gasteiger partial charge in [0.05, 0.1) is 11.9 Å². The number of carbonyl (C=O) groups is 2. The molecule has 0 unspecified atom stereocenters. The molecule has 0 bridgehead atoms. The summed E-state index contributed by atoms with van der Waals surface area (Å²) in [5.74, 6) is -0.349. The van der Waals surface area contributed by atoms with E-state index in [1.54, 1.807) is 4.52 Å². The molecule has 8 heteroatoms. The summed E-state index contributed by atoms with van der Waals surface area (Å²) < 4.78 is 1.65. The van der Waals surface area contributed by atoms with Crippen LogP contribution in [0.1, 0.15) is 13.3 Å². The van der Waals surface area contributed by atoms with Crippen LogP contribution in [0.15, 0.2) is 36.5 Å². The van der Waals surface area contributed by atoms with Crippen molar-refractivity contribution >= 4 is 33.2 Å². The Kier molecular flexibility index (Phi) is 4.33. The molecule has 0 saturated heterocycles. The van der Waals surface area contributed by atoms with Crippen molar-refractivity contribution in [3.63, 3.8) is 0 Å². The van der Waals surface area contributed by atoms with Crippen molar-refractivity contribution < 1.29 is 9.59 Å². The molecule has 0 aliphatic rings. The minimum absolute atomic E-state index is 0.154. The molecule has 7 nitrogen and oxygen atoms in total. The number of carbonyl (C=O) groups excluding carboxylic acids is 2. The average molecular weight is 329 g/mol. The SMILES string of the molecule is CC(=O)NCCC(=O)Nc1nn2cc(-c3ccccc3)nc2s1. The van der Waals surface area contributed by atoms with Crippen molar-refractivity contribution in [1.29, 1.82) is 0 Å². The number of hydrogen-bond acceptors (Lipinski definition) is 5. The number of fused-ring (bicyclic) bond motifs is 1. The van der Waals surface area contributed by atoms with Gasteiger partial charge in [-0.3, -0.25) is 9.59 Å². The summed E-state index contributed by atoms with van der Waals surface area (Å²) in [4.78, 5) is 27.7. The highest BCUT2D eigenvalue weighted by molar-refractivity contribution is 7.20. The molecule has 23 heavy (non-hydrogen) atoms. The normalized spacial score (nSPS) is 10.7. The van der Waals surface area contributed by atoms with Gasteiger partial charge in [0.25, 0.3) is 0 Å². The maximum absolute atomic E-state index is 11.8. The molecule has 2 aromatic heterocycles. The van der Waals surface area contributed by atoms with Gasteiger partial charge in [-0.05, 0) is 0 Å². The first-order valence-electron chi connectivity index (χ1n) is 7.08. The molecule has 3 aromatic rings. The summed E-state index contributed by atoms with van der Waals surface area (Å²) in [6.45, 7) is 1.72. The van der Waals surface area contributed by atoms with Crippen LogP contribution in [0.5, 0.6) is 0 Å². The minimum atomic E-state index is -0.195. The summed E-state index contributed by atoms with van der Waals surface area (Å²) in [7, 11) is 0. The van der Waals surface area contributed by atoms with Crippen LogP contribution in [-0.4, -0.2) is 33.0 Å². The lowest BCUT2D eigenvalue weighted by Crippen LogP contribution is -2.25. The lowest BCUT2D eigenvalue weighted by atomic mass is 10.2. The first kappa shape index (κ1) is 15.2. The fraction of sp³-hybridized carbons (Fsp3) is 0.200. The zero-order valence-corrected chi connectivity index (χ0v) is 13.3. The van der Waals surface area contributed by atoms with Crippen LogP contribution in [0.4, 0.5) is 5.13 Å². The van der Waals surface area contributed by atoms with Crippen molar-refractivity contribution in [2.45, 2.75) is 13.3 Å². The van der Waals surface area contributed by atoms with Gasteiger partial charge in [-0.25, -0.2) is 9.50 Å². The monoisotopic (exact) mass is 329 g/mol. The van der Waals surface area contributed by atoms with E-state index < -0.39 is 0 Å². The molecule has 0 atom stereocenters. The second kappa shape index (κ2) is 6.57. The summed E-state index contributed by atoms with van der Waals surface area (Å²) in [6, 6.07) is 9.83. The van der Waals surface area contributed by atoms with Crippen molar-refractivity contribution in [1.82, 2.24) is 19.9 Å². The van der Waals surface area contributed by atoms with Gasteiger partial charge in [0.2, 0.25) is 21.9 Å². The number of aromatic nitrogens is 3. The van der Waals surface area contributed by atoms with Gasteiger partial charge in [0.1, 0.15) is 0 Å². The minimum Gasteiger partial charge on any atom is -0.356 e. The van der Waals surface area contributed by atoms with Gasteiger partial charge in [0, 0.05) is 25.5 Å². The highest BCUT2D eigenvalue weighted by Gasteiger charge is 2.11. The summed E-state index contributed by atoms with van der Waals surface area (Å²) >= 11 is 1.30. The van der Waals surface area contributed by atoms with E-state index in [-0.39, 0.29) is 18.2 Å². The Balaban J connectivity index is 1.66. The van der Waals surface area contributed by atoms with Crippen LogP contribution in [0.25, 0.3) is 16.2 Å². The number of amides is 2. The fourth-order valence-corrected chi connectivity index (χ4v) is 2.83. The van der Waals surface area contributed by atoms with Gasteiger partial charge < -0.3 is 10.6 Å². The lowest BCUT2D eigenvalue weighted by molar-refractivity contribution is -0.119. The zero-order chi connectivity index (χ0) is 16.2. The molecule has 2 N–H and O–H groups in total. The second-order valence-electron chi connectivity index (χ2n) is 4.91. The molecular weight excluding hydrogens is 314 g/mol. The third kappa shape index (κ3) is 3.72. The van der Waals surface area contributed by atoms with E-state index in [4.69, 9.17) is 0 Å².